The third kappa shape index (κ3) is 2.93. The van der Waals surface area contributed by atoms with Crippen LogP contribution in [0.3, 0.4) is 0 Å². The third-order valence-electron chi connectivity index (χ3n) is 5.40. The summed E-state index contributed by atoms with van der Waals surface area (Å²) in [4.78, 5) is 25.5. The molecule has 1 aliphatic heterocycles. The highest BCUT2D eigenvalue weighted by atomic mass is 16.5. The highest BCUT2D eigenvalue weighted by Crippen LogP contribution is 2.52. The fourth-order valence-corrected chi connectivity index (χ4v) is 4.33. The van der Waals surface area contributed by atoms with Crippen molar-refractivity contribution in [3.63, 3.8) is 0 Å². The van der Waals surface area contributed by atoms with Crippen LogP contribution < -0.4 is 9.47 Å². The zero-order chi connectivity index (χ0) is 19.3. The summed E-state index contributed by atoms with van der Waals surface area (Å²) in [5, 5.41) is 5.29. The number of amides is 2. The number of imide groups is 1. The number of carbonyl (C=O) groups is 2. The largest absolute Gasteiger partial charge is 0.493 e. The van der Waals surface area contributed by atoms with Gasteiger partial charge in [0.05, 0.1) is 25.2 Å². The Kier molecular flexibility index (Phi) is 4.09. The van der Waals surface area contributed by atoms with E-state index in [9.17, 15) is 9.59 Å². The molecule has 142 valence electrons. The predicted octanol–water partition coefficient (Wildman–Crippen LogP) is 3.01. The summed E-state index contributed by atoms with van der Waals surface area (Å²) in [5.74, 6) is 0.574. The molecule has 4 rings (SSSR count). The highest BCUT2D eigenvalue weighted by molar-refractivity contribution is 6.07. The minimum absolute atomic E-state index is 0.174. The zero-order valence-corrected chi connectivity index (χ0v) is 16.0. The van der Waals surface area contributed by atoms with Crippen molar-refractivity contribution in [3.05, 3.63) is 35.9 Å². The Morgan fingerprint density at radius 2 is 1.74 bits per heavy atom. The van der Waals surface area contributed by atoms with E-state index in [-0.39, 0.29) is 35.5 Å². The molecule has 6 heteroatoms. The maximum atomic E-state index is 12.7. The molecule has 0 radical (unpaired) electrons. The number of rotatable bonds is 4. The summed E-state index contributed by atoms with van der Waals surface area (Å²) in [6, 6.07) is 5.45. The number of hydrazone groups is 1. The Balaban J connectivity index is 1.62. The molecule has 2 amide bonds. The number of nitrogens with zero attached hydrogens (tertiary/aromatic N) is 2. The van der Waals surface area contributed by atoms with Crippen molar-refractivity contribution in [2.75, 3.05) is 7.11 Å². The fraction of sp³-hybridized carbons (Fsp3) is 0.476. The molecule has 6 nitrogen and oxygen atoms in total. The fourth-order valence-electron chi connectivity index (χ4n) is 4.33. The molecule has 1 aromatic rings. The Hall–Kier alpha value is -2.63. The second-order valence-corrected chi connectivity index (χ2v) is 8.33. The van der Waals surface area contributed by atoms with Gasteiger partial charge in [0.25, 0.3) is 11.8 Å². The molecule has 1 heterocycles. The van der Waals surface area contributed by atoms with Gasteiger partial charge in [-0.3, -0.25) is 9.59 Å². The molecule has 2 aliphatic carbocycles. The number of fused-ring (bicyclic) bond motifs is 5. The molecule has 0 unspecified atom stereocenters. The van der Waals surface area contributed by atoms with Crippen molar-refractivity contribution < 1.29 is 19.1 Å². The summed E-state index contributed by atoms with van der Waals surface area (Å²) < 4.78 is 11.4. The molecule has 4 atom stereocenters. The normalized spacial score (nSPS) is 29.1. The quantitative estimate of drug-likeness (QED) is 0.465. The Morgan fingerprint density at radius 1 is 1.11 bits per heavy atom. The standard InChI is InChI=1S/C21H24N2O4/c1-21(2,3)27-18-14(6-5-7-15(18)26-4)11-22-23-19(24)16-12-8-9-13(10-12)17(16)20(23)25/h5-9,11-13,16-17H,10H2,1-4H3/t12-,13-,16-,17+/m0/s1. The molecule has 2 fully saturated rings. The molecular formula is C21H24N2O4. The van der Waals surface area contributed by atoms with Gasteiger partial charge in [-0.1, -0.05) is 18.2 Å². The van der Waals surface area contributed by atoms with Gasteiger partial charge >= 0.3 is 0 Å². The Labute approximate surface area is 158 Å². The molecule has 0 N–H and O–H groups in total. The highest BCUT2D eigenvalue weighted by Gasteiger charge is 2.59. The van der Waals surface area contributed by atoms with Gasteiger partial charge in [-0.2, -0.15) is 10.1 Å². The Bertz CT molecular complexity index is 822. The Morgan fingerprint density at radius 3 is 2.30 bits per heavy atom. The number of ether oxygens (including phenoxy) is 2. The first-order valence-electron chi connectivity index (χ1n) is 9.26. The number of para-hydroxylation sites is 1. The molecular weight excluding hydrogens is 344 g/mol. The molecule has 1 saturated carbocycles. The van der Waals surface area contributed by atoms with Gasteiger partial charge in [-0.05, 0) is 51.2 Å². The van der Waals surface area contributed by atoms with Crippen LogP contribution in [0.2, 0.25) is 0 Å². The smallest absolute Gasteiger partial charge is 0.254 e. The maximum absolute atomic E-state index is 12.7. The third-order valence-corrected chi connectivity index (χ3v) is 5.40. The SMILES string of the molecule is COc1cccc(C=NN2C(=O)[C@@H]3[C@H](C2=O)[C@H]2C=C[C@H]3C2)c1OC(C)(C)C. The summed E-state index contributed by atoms with van der Waals surface area (Å²) in [5.41, 5.74) is 0.223. The lowest BCUT2D eigenvalue weighted by atomic mass is 9.85. The van der Waals surface area contributed by atoms with Crippen molar-refractivity contribution in [2.24, 2.45) is 28.8 Å². The van der Waals surface area contributed by atoms with Crippen LogP contribution in [0.1, 0.15) is 32.8 Å². The predicted molar refractivity (Wildman–Crippen MR) is 101 cm³/mol. The van der Waals surface area contributed by atoms with Gasteiger partial charge in [0.2, 0.25) is 0 Å². The van der Waals surface area contributed by atoms with E-state index in [0.29, 0.717) is 17.1 Å². The van der Waals surface area contributed by atoms with Crippen molar-refractivity contribution in [1.29, 1.82) is 0 Å². The minimum Gasteiger partial charge on any atom is -0.493 e. The van der Waals surface area contributed by atoms with E-state index in [1.807, 2.05) is 32.9 Å². The van der Waals surface area contributed by atoms with Gasteiger partial charge in [0, 0.05) is 5.56 Å². The first kappa shape index (κ1) is 17.8. The van der Waals surface area contributed by atoms with Crippen LogP contribution >= 0.6 is 0 Å². The van der Waals surface area contributed by atoms with Crippen molar-refractivity contribution in [2.45, 2.75) is 32.8 Å². The van der Waals surface area contributed by atoms with E-state index in [2.05, 4.69) is 17.3 Å². The van der Waals surface area contributed by atoms with Crippen LogP contribution in [0.4, 0.5) is 0 Å². The van der Waals surface area contributed by atoms with Gasteiger partial charge in [-0.15, -0.1) is 0 Å². The van der Waals surface area contributed by atoms with E-state index in [1.165, 1.54) is 6.21 Å². The van der Waals surface area contributed by atoms with Crippen LogP contribution in [0.15, 0.2) is 35.5 Å². The molecule has 3 aliphatic rings. The van der Waals surface area contributed by atoms with E-state index in [4.69, 9.17) is 9.47 Å². The van der Waals surface area contributed by atoms with Gasteiger partial charge < -0.3 is 9.47 Å². The topological polar surface area (TPSA) is 68.2 Å². The number of hydrogen-bond donors (Lipinski definition) is 0. The van der Waals surface area contributed by atoms with Gasteiger partial charge in [0.1, 0.15) is 5.60 Å². The van der Waals surface area contributed by atoms with Gasteiger partial charge in [-0.25, -0.2) is 0 Å². The second-order valence-electron chi connectivity index (χ2n) is 8.33. The van der Waals surface area contributed by atoms with Crippen LogP contribution in [-0.4, -0.2) is 35.7 Å². The molecule has 0 spiro atoms. The van der Waals surface area contributed by atoms with E-state index < -0.39 is 5.60 Å². The van der Waals surface area contributed by atoms with Crippen LogP contribution in [-0.2, 0) is 9.59 Å². The zero-order valence-electron chi connectivity index (χ0n) is 16.0. The summed E-state index contributed by atoms with van der Waals surface area (Å²) in [6.07, 6.45) is 6.56. The lowest BCUT2D eigenvalue weighted by molar-refractivity contribution is -0.140. The summed E-state index contributed by atoms with van der Waals surface area (Å²) in [6.45, 7) is 5.83. The number of benzene rings is 1. The van der Waals surface area contributed by atoms with Crippen LogP contribution in [0.25, 0.3) is 0 Å². The number of allylic oxidation sites excluding steroid dienone is 2. The first-order chi connectivity index (χ1) is 12.8. The van der Waals surface area contributed by atoms with Crippen molar-refractivity contribution in [1.82, 2.24) is 5.01 Å². The molecule has 2 bridgehead atoms. The van der Waals surface area contributed by atoms with Crippen molar-refractivity contribution in [3.8, 4) is 11.5 Å². The van der Waals surface area contributed by atoms with Crippen LogP contribution in [0, 0.1) is 23.7 Å². The second kappa shape index (κ2) is 6.22. The summed E-state index contributed by atoms with van der Waals surface area (Å²) in [7, 11) is 1.57. The number of hydrogen-bond acceptors (Lipinski definition) is 5. The number of carbonyl (C=O) groups excluding carboxylic acids is 2. The number of methoxy groups -OCH3 is 1. The lowest BCUT2D eigenvalue weighted by Crippen LogP contribution is -2.28. The van der Waals surface area contributed by atoms with Crippen LogP contribution in [0.5, 0.6) is 11.5 Å². The molecule has 27 heavy (non-hydrogen) atoms. The molecule has 1 saturated heterocycles. The first-order valence-corrected chi connectivity index (χ1v) is 9.26. The maximum Gasteiger partial charge on any atom is 0.254 e. The minimum atomic E-state index is -0.432. The van der Waals surface area contributed by atoms with E-state index >= 15 is 0 Å². The van der Waals surface area contributed by atoms with Crippen molar-refractivity contribution >= 4 is 18.0 Å². The molecule has 1 aromatic carbocycles. The molecule has 0 aromatic heterocycles. The average Bonchev–Trinajstić information content (AvgIpc) is 3.28. The summed E-state index contributed by atoms with van der Waals surface area (Å²) >= 11 is 0. The van der Waals surface area contributed by atoms with Gasteiger partial charge in [0.15, 0.2) is 11.5 Å². The monoisotopic (exact) mass is 368 g/mol. The van der Waals surface area contributed by atoms with E-state index in [0.717, 1.165) is 11.4 Å². The average molecular weight is 368 g/mol. The van der Waals surface area contributed by atoms with E-state index in [1.54, 1.807) is 13.2 Å². The lowest BCUT2D eigenvalue weighted by Gasteiger charge is -2.24.